The summed E-state index contributed by atoms with van der Waals surface area (Å²) in [4.78, 5) is 4.27. The monoisotopic (exact) mass is 312 g/mol. The van der Waals surface area contributed by atoms with Crippen LogP contribution >= 0.6 is 0 Å². The molecule has 7 heteroatoms. The van der Waals surface area contributed by atoms with Gasteiger partial charge in [-0.15, -0.1) is 0 Å². The summed E-state index contributed by atoms with van der Waals surface area (Å²) in [5.74, 6) is -0.606. The predicted octanol–water partition coefficient (Wildman–Crippen LogP) is 3.79. The zero-order chi connectivity index (χ0) is 15.7. The molecule has 1 aromatic carbocycles. The minimum atomic E-state index is -4.60. The molecule has 3 nitrogen and oxygen atoms in total. The quantitative estimate of drug-likeness (QED) is 0.876. The first kappa shape index (κ1) is 14.6. The van der Waals surface area contributed by atoms with Crippen molar-refractivity contribution in [1.29, 1.82) is 0 Å². The molecule has 0 atom stereocenters. The summed E-state index contributed by atoms with van der Waals surface area (Å²) in [6.45, 7) is 0.621. The largest absolute Gasteiger partial charge is 0.487 e. The molecular formula is C15H12F4N2O. The second-order valence-corrected chi connectivity index (χ2v) is 4.91. The van der Waals surface area contributed by atoms with Crippen molar-refractivity contribution in [1.82, 2.24) is 4.98 Å². The number of hydrogen-bond acceptors (Lipinski definition) is 3. The molecule has 2 heterocycles. The SMILES string of the molecule is Fc1ccc(C(F)(F)F)c(OCc2ccc3c(n2)NCC3)c1. The maximum Gasteiger partial charge on any atom is 0.419 e. The molecule has 0 spiro atoms. The summed E-state index contributed by atoms with van der Waals surface area (Å²) in [5, 5.41) is 3.08. The van der Waals surface area contributed by atoms with Crippen molar-refractivity contribution in [2.45, 2.75) is 19.2 Å². The van der Waals surface area contributed by atoms with Gasteiger partial charge in [0.25, 0.3) is 0 Å². The van der Waals surface area contributed by atoms with E-state index in [1.807, 2.05) is 6.07 Å². The lowest BCUT2D eigenvalue weighted by atomic mass is 10.2. The number of pyridine rings is 1. The van der Waals surface area contributed by atoms with Gasteiger partial charge < -0.3 is 10.1 Å². The molecule has 1 aliphatic rings. The van der Waals surface area contributed by atoms with Crippen molar-refractivity contribution in [2.75, 3.05) is 11.9 Å². The van der Waals surface area contributed by atoms with Gasteiger partial charge in [0.2, 0.25) is 0 Å². The standard InChI is InChI=1S/C15H12F4N2O/c16-10-2-4-12(15(17,18)19)13(7-10)22-8-11-3-1-9-5-6-20-14(9)21-11/h1-4,7H,5-6,8H2,(H,20,21). The van der Waals surface area contributed by atoms with Crippen LogP contribution in [0.3, 0.4) is 0 Å². The van der Waals surface area contributed by atoms with Gasteiger partial charge in [0, 0.05) is 12.6 Å². The van der Waals surface area contributed by atoms with E-state index in [1.165, 1.54) is 0 Å². The Labute approximate surface area is 123 Å². The molecule has 3 rings (SSSR count). The van der Waals surface area contributed by atoms with E-state index in [1.54, 1.807) is 6.07 Å². The normalized spacial score (nSPS) is 13.6. The number of benzene rings is 1. The summed E-state index contributed by atoms with van der Waals surface area (Å²) >= 11 is 0. The summed E-state index contributed by atoms with van der Waals surface area (Å²) in [6, 6.07) is 5.71. The van der Waals surface area contributed by atoms with E-state index in [2.05, 4.69) is 10.3 Å². The molecular weight excluding hydrogens is 300 g/mol. The topological polar surface area (TPSA) is 34.1 Å². The van der Waals surface area contributed by atoms with Crippen molar-refractivity contribution in [3.8, 4) is 5.75 Å². The summed E-state index contributed by atoms with van der Waals surface area (Å²) < 4.78 is 56.9. The van der Waals surface area contributed by atoms with Crippen LogP contribution in [0.2, 0.25) is 0 Å². The van der Waals surface area contributed by atoms with Gasteiger partial charge in [-0.1, -0.05) is 6.07 Å². The highest BCUT2D eigenvalue weighted by atomic mass is 19.4. The third-order valence-electron chi connectivity index (χ3n) is 3.35. The average Bonchev–Trinajstić information content (AvgIpc) is 2.91. The molecule has 1 aliphatic heterocycles. The number of rotatable bonds is 3. The van der Waals surface area contributed by atoms with E-state index >= 15 is 0 Å². The number of nitrogens with zero attached hydrogens (tertiary/aromatic N) is 1. The summed E-state index contributed by atoms with van der Waals surface area (Å²) in [5.41, 5.74) is 0.532. The number of nitrogens with one attached hydrogen (secondary N) is 1. The van der Waals surface area contributed by atoms with E-state index in [0.29, 0.717) is 11.8 Å². The Morgan fingerprint density at radius 2 is 2.00 bits per heavy atom. The van der Waals surface area contributed by atoms with Crippen LogP contribution in [-0.4, -0.2) is 11.5 Å². The number of aromatic nitrogens is 1. The minimum absolute atomic E-state index is 0.165. The average molecular weight is 312 g/mol. The molecule has 1 N–H and O–H groups in total. The molecule has 0 fully saturated rings. The molecule has 0 unspecified atom stereocenters. The van der Waals surface area contributed by atoms with Crippen LogP contribution in [0.15, 0.2) is 30.3 Å². The first-order valence-electron chi connectivity index (χ1n) is 6.66. The molecule has 1 aromatic heterocycles. The highest BCUT2D eigenvalue weighted by Crippen LogP contribution is 2.36. The number of hydrogen-bond donors (Lipinski definition) is 1. The fourth-order valence-electron chi connectivity index (χ4n) is 2.28. The third kappa shape index (κ3) is 2.98. The lowest BCUT2D eigenvalue weighted by Gasteiger charge is -2.14. The Hall–Kier alpha value is -2.31. The van der Waals surface area contributed by atoms with Gasteiger partial charge >= 0.3 is 6.18 Å². The Morgan fingerprint density at radius 3 is 2.77 bits per heavy atom. The molecule has 0 aliphatic carbocycles. The van der Waals surface area contributed by atoms with Gasteiger partial charge in [-0.2, -0.15) is 13.2 Å². The van der Waals surface area contributed by atoms with E-state index in [-0.39, 0.29) is 6.61 Å². The molecule has 0 saturated heterocycles. The van der Waals surface area contributed by atoms with Gasteiger partial charge in [0.15, 0.2) is 0 Å². The number of halogens is 4. The Morgan fingerprint density at radius 1 is 1.18 bits per heavy atom. The second kappa shape index (κ2) is 5.47. The van der Waals surface area contributed by atoms with Crippen molar-refractivity contribution >= 4 is 5.82 Å². The Balaban J connectivity index is 1.80. The molecule has 116 valence electrons. The van der Waals surface area contributed by atoms with E-state index in [4.69, 9.17) is 4.74 Å². The first-order valence-corrected chi connectivity index (χ1v) is 6.66. The highest BCUT2D eigenvalue weighted by Gasteiger charge is 2.34. The van der Waals surface area contributed by atoms with Crippen LogP contribution in [0, 0.1) is 5.82 Å². The second-order valence-electron chi connectivity index (χ2n) is 4.91. The molecule has 0 bridgehead atoms. The Bertz CT molecular complexity index is 700. The summed E-state index contributed by atoms with van der Waals surface area (Å²) in [6.07, 6.45) is -3.73. The van der Waals surface area contributed by atoms with Crippen LogP contribution < -0.4 is 10.1 Å². The fourth-order valence-corrected chi connectivity index (χ4v) is 2.28. The van der Waals surface area contributed by atoms with Crippen LogP contribution in [0.25, 0.3) is 0 Å². The summed E-state index contributed by atoms with van der Waals surface area (Å²) in [7, 11) is 0. The van der Waals surface area contributed by atoms with Gasteiger partial charge in [-0.3, -0.25) is 0 Å². The van der Waals surface area contributed by atoms with Crippen LogP contribution in [0.4, 0.5) is 23.4 Å². The zero-order valence-electron chi connectivity index (χ0n) is 11.4. The predicted molar refractivity (Wildman–Crippen MR) is 72.2 cm³/mol. The lowest BCUT2D eigenvalue weighted by Crippen LogP contribution is -2.09. The van der Waals surface area contributed by atoms with Crippen LogP contribution in [0.1, 0.15) is 16.8 Å². The highest BCUT2D eigenvalue weighted by molar-refractivity contribution is 5.49. The van der Waals surface area contributed by atoms with E-state index < -0.39 is 23.3 Å². The Kier molecular flexibility index (Phi) is 3.64. The smallest absolute Gasteiger partial charge is 0.419 e. The molecule has 0 amide bonds. The number of ether oxygens (including phenoxy) is 1. The zero-order valence-corrected chi connectivity index (χ0v) is 11.4. The fraction of sp³-hybridized carbons (Fsp3) is 0.267. The maximum absolute atomic E-state index is 13.2. The van der Waals surface area contributed by atoms with Crippen LogP contribution in [-0.2, 0) is 19.2 Å². The maximum atomic E-state index is 13.2. The molecule has 22 heavy (non-hydrogen) atoms. The minimum Gasteiger partial charge on any atom is -0.487 e. The van der Waals surface area contributed by atoms with Gasteiger partial charge in [-0.05, 0) is 30.2 Å². The first-order chi connectivity index (χ1) is 10.4. The number of fused-ring (bicyclic) bond motifs is 1. The van der Waals surface area contributed by atoms with Gasteiger partial charge in [-0.25, -0.2) is 9.37 Å². The molecule has 0 saturated carbocycles. The van der Waals surface area contributed by atoms with E-state index in [0.717, 1.165) is 36.5 Å². The van der Waals surface area contributed by atoms with Crippen LogP contribution in [0.5, 0.6) is 5.75 Å². The third-order valence-corrected chi connectivity index (χ3v) is 3.35. The van der Waals surface area contributed by atoms with Crippen molar-refractivity contribution in [3.05, 3.63) is 53.0 Å². The van der Waals surface area contributed by atoms with Gasteiger partial charge in [0.1, 0.15) is 24.0 Å². The van der Waals surface area contributed by atoms with Gasteiger partial charge in [0.05, 0.1) is 11.3 Å². The van der Waals surface area contributed by atoms with Crippen molar-refractivity contribution in [3.63, 3.8) is 0 Å². The number of alkyl halides is 3. The lowest BCUT2D eigenvalue weighted by molar-refractivity contribution is -0.139. The van der Waals surface area contributed by atoms with Crippen molar-refractivity contribution < 1.29 is 22.3 Å². The van der Waals surface area contributed by atoms with E-state index in [9.17, 15) is 17.6 Å². The number of anilines is 1. The molecule has 0 radical (unpaired) electrons. The van der Waals surface area contributed by atoms with Crippen molar-refractivity contribution in [2.24, 2.45) is 0 Å². The molecule has 2 aromatic rings.